The normalized spacial score (nSPS) is 15.3. The molecule has 0 saturated heterocycles. The molecule has 0 aliphatic heterocycles. The van der Waals surface area contributed by atoms with Gasteiger partial charge in [0, 0.05) is 18.2 Å². The molecule has 1 aromatic carbocycles. The number of nitrogens with zero attached hydrogens (tertiary/aromatic N) is 1. The second-order valence-electron chi connectivity index (χ2n) is 5.47. The van der Waals surface area contributed by atoms with Crippen molar-refractivity contribution < 1.29 is 14.6 Å². The van der Waals surface area contributed by atoms with Gasteiger partial charge in [-0.1, -0.05) is 18.2 Å². The lowest BCUT2D eigenvalue weighted by atomic mass is 10.2. The Kier molecular flexibility index (Phi) is 4.39. The van der Waals surface area contributed by atoms with Gasteiger partial charge < -0.3 is 15.2 Å². The largest absolute Gasteiger partial charge is 0.491 e. The lowest BCUT2D eigenvalue weighted by molar-refractivity contribution is 0.0840. The van der Waals surface area contributed by atoms with Gasteiger partial charge in [0.15, 0.2) is 0 Å². The highest BCUT2D eigenvalue weighted by Gasteiger charge is 2.26. The molecule has 1 unspecified atom stereocenters. The Morgan fingerprint density at radius 3 is 2.91 bits per heavy atom. The smallest absolute Gasteiger partial charge is 0.271 e. The number of benzene rings is 1. The van der Waals surface area contributed by atoms with Gasteiger partial charge in [-0.05, 0) is 31.0 Å². The predicted molar refractivity (Wildman–Crippen MR) is 80.8 cm³/mol. The third-order valence-electron chi connectivity index (χ3n) is 3.53. The SMILES string of the molecule is O=C(NCC(O)COc1ccccc1)c1cc(C2CC2)[nH]n1. The predicted octanol–water partition coefficient (Wildman–Crippen LogP) is 1.46. The molecular weight excluding hydrogens is 282 g/mol. The van der Waals surface area contributed by atoms with Crippen LogP contribution in [0.3, 0.4) is 0 Å². The Bertz CT molecular complexity index is 623. The van der Waals surface area contributed by atoms with Crippen molar-refractivity contribution in [2.24, 2.45) is 0 Å². The molecule has 0 radical (unpaired) electrons. The van der Waals surface area contributed by atoms with Crippen LogP contribution in [0, 0.1) is 0 Å². The molecule has 1 atom stereocenters. The van der Waals surface area contributed by atoms with Gasteiger partial charge in [-0.2, -0.15) is 5.10 Å². The van der Waals surface area contributed by atoms with Gasteiger partial charge in [0.05, 0.1) is 0 Å². The molecule has 0 spiro atoms. The third-order valence-corrected chi connectivity index (χ3v) is 3.53. The highest BCUT2D eigenvalue weighted by molar-refractivity contribution is 5.92. The van der Waals surface area contributed by atoms with Crippen molar-refractivity contribution in [1.82, 2.24) is 15.5 Å². The quantitative estimate of drug-likeness (QED) is 0.722. The molecule has 0 bridgehead atoms. The Labute approximate surface area is 128 Å². The standard InChI is InChI=1S/C16H19N3O3/c20-12(10-22-13-4-2-1-3-5-13)9-17-16(21)15-8-14(18-19-15)11-6-7-11/h1-5,8,11-12,20H,6-7,9-10H2,(H,17,21)(H,18,19). The third kappa shape index (κ3) is 3.85. The van der Waals surface area contributed by atoms with Crippen LogP contribution >= 0.6 is 0 Å². The second kappa shape index (κ2) is 6.62. The first kappa shape index (κ1) is 14.6. The second-order valence-corrected chi connectivity index (χ2v) is 5.47. The van der Waals surface area contributed by atoms with E-state index < -0.39 is 6.10 Å². The highest BCUT2D eigenvalue weighted by Crippen LogP contribution is 2.38. The number of carbonyl (C=O) groups is 1. The molecule has 116 valence electrons. The Balaban J connectivity index is 1.41. The van der Waals surface area contributed by atoms with Crippen molar-refractivity contribution in [3.8, 4) is 5.75 Å². The highest BCUT2D eigenvalue weighted by atomic mass is 16.5. The van der Waals surface area contributed by atoms with Crippen LogP contribution in [0.15, 0.2) is 36.4 Å². The molecule has 1 amide bonds. The molecule has 1 fully saturated rings. The number of H-pyrrole nitrogens is 1. The fourth-order valence-electron chi connectivity index (χ4n) is 2.13. The molecule has 1 aliphatic rings. The monoisotopic (exact) mass is 301 g/mol. The summed E-state index contributed by atoms with van der Waals surface area (Å²) < 4.78 is 5.43. The minimum atomic E-state index is -0.772. The maximum absolute atomic E-state index is 11.9. The summed E-state index contributed by atoms with van der Waals surface area (Å²) in [5.74, 6) is 0.926. The van der Waals surface area contributed by atoms with E-state index in [9.17, 15) is 9.90 Å². The number of aliphatic hydroxyl groups excluding tert-OH is 1. The van der Waals surface area contributed by atoms with E-state index in [0.29, 0.717) is 17.4 Å². The van der Waals surface area contributed by atoms with Crippen LogP contribution in [0.2, 0.25) is 0 Å². The van der Waals surface area contributed by atoms with Crippen molar-refractivity contribution >= 4 is 5.91 Å². The van der Waals surface area contributed by atoms with E-state index >= 15 is 0 Å². The summed E-state index contributed by atoms with van der Waals surface area (Å²) in [7, 11) is 0. The molecule has 6 heteroatoms. The molecule has 2 aromatic rings. The Morgan fingerprint density at radius 1 is 1.41 bits per heavy atom. The number of para-hydroxylation sites is 1. The first-order valence-electron chi connectivity index (χ1n) is 7.42. The van der Waals surface area contributed by atoms with Crippen LogP contribution < -0.4 is 10.1 Å². The Hall–Kier alpha value is -2.34. The number of aromatic amines is 1. The zero-order valence-electron chi connectivity index (χ0n) is 12.2. The number of ether oxygens (including phenoxy) is 1. The first-order chi connectivity index (χ1) is 10.7. The van der Waals surface area contributed by atoms with Crippen LogP contribution in [0.5, 0.6) is 5.75 Å². The molecule has 1 aliphatic carbocycles. The number of aromatic nitrogens is 2. The maximum Gasteiger partial charge on any atom is 0.271 e. The lowest BCUT2D eigenvalue weighted by Gasteiger charge is -2.12. The fourth-order valence-corrected chi connectivity index (χ4v) is 2.13. The van der Waals surface area contributed by atoms with Crippen molar-refractivity contribution in [3.63, 3.8) is 0 Å². The van der Waals surface area contributed by atoms with Gasteiger partial charge >= 0.3 is 0 Å². The van der Waals surface area contributed by atoms with Crippen molar-refractivity contribution in [3.05, 3.63) is 47.8 Å². The van der Waals surface area contributed by atoms with Gasteiger partial charge in [-0.15, -0.1) is 0 Å². The van der Waals surface area contributed by atoms with Crippen LogP contribution in [-0.4, -0.2) is 40.5 Å². The van der Waals surface area contributed by atoms with Gasteiger partial charge in [-0.25, -0.2) is 0 Å². The summed E-state index contributed by atoms with van der Waals surface area (Å²) in [4.78, 5) is 11.9. The number of aliphatic hydroxyl groups is 1. The van der Waals surface area contributed by atoms with E-state index in [1.54, 1.807) is 6.07 Å². The van der Waals surface area contributed by atoms with Gasteiger partial charge in [-0.3, -0.25) is 9.89 Å². The molecule has 1 heterocycles. The fraction of sp³-hybridized carbons (Fsp3) is 0.375. The number of rotatable bonds is 7. The van der Waals surface area contributed by atoms with E-state index in [1.165, 1.54) is 0 Å². The van der Waals surface area contributed by atoms with Gasteiger partial charge in [0.2, 0.25) is 0 Å². The zero-order chi connectivity index (χ0) is 15.4. The van der Waals surface area contributed by atoms with Crippen LogP contribution in [-0.2, 0) is 0 Å². The summed E-state index contributed by atoms with van der Waals surface area (Å²) in [6.07, 6.45) is 1.53. The molecule has 6 nitrogen and oxygen atoms in total. The maximum atomic E-state index is 11.9. The number of hydrogen-bond donors (Lipinski definition) is 3. The Morgan fingerprint density at radius 2 is 2.18 bits per heavy atom. The number of nitrogens with one attached hydrogen (secondary N) is 2. The van der Waals surface area contributed by atoms with E-state index in [2.05, 4.69) is 15.5 Å². The van der Waals surface area contributed by atoms with Crippen molar-refractivity contribution in [2.45, 2.75) is 24.9 Å². The molecule has 22 heavy (non-hydrogen) atoms. The molecule has 1 saturated carbocycles. The average Bonchev–Trinajstić information content (AvgIpc) is 3.28. The molecule has 1 aromatic heterocycles. The van der Waals surface area contributed by atoms with Gasteiger partial charge in [0.25, 0.3) is 5.91 Å². The lowest BCUT2D eigenvalue weighted by Crippen LogP contribution is -2.35. The van der Waals surface area contributed by atoms with E-state index in [1.807, 2.05) is 30.3 Å². The summed E-state index contributed by atoms with van der Waals surface area (Å²) in [6.45, 7) is 0.246. The van der Waals surface area contributed by atoms with E-state index in [4.69, 9.17) is 4.74 Å². The number of hydrogen-bond acceptors (Lipinski definition) is 4. The van der Waals surface area contributed by atoms with Crippen LogP contribution in [0.25, 0.3) is 0 Å². The molecule has 3 N–H and O–H groups in total. The van der Waals surface area contributed by atoms with Crippen molar-refractivity contribution in [1.29, 1.82) is 0 Å². The minimum Gasteiger partial charge on any atom is -0.491 e. The number of carbonyl (C=O) groups excluding carboxylic acids is 1. The van der Waals surface area contributed by atoms with E-state index in [-0.39, 0.29) is 19.1 Å². The summed E-state index contributed by atoms with van der Waals surface area (Å²) in [5.41, 5.74) is 1.37. The summed E-state index contributed by atoms with van der Waals surface area (Å²) >= 11 is 0. The zero-order valence-corrected chi connectivity index (χ0v) is 12.2. The van der Waals surface area contributed by atoms with Gasteiger partial charge in [0.1, 0.15) is 24.2 Å². The van der Waals surface area contributed by atoms with Crippen LogP contribution in [0.1, 0.15) is 34.9 Å². The minimum absolute atomic E-state index is 0.122. The van der Waals surface area contributed by atoms with Crippen molar-refractivity contribution in [2.75, 3.05) is 13.2 Å². The topological polar surface area (TPSA) is 87.2 Å². The number of amides is 1. The average molecular weight is 301 g/mol. The molecular formula is C16H19N3O3. The first-order valence-corrected chi connectivity index (χ1v) is 7.42. The summed E-state index contributed by atoms with van der Waals surface area (Å²) in [5, 5.41) is 19.4. The summed E-state index contributed by atoms with van der Waals surface area (Å²) in [6, 6.07) is 11.0. The van der Waals surface area contributed by atoms with Crippen LogP contribution in [0.4, 0.5) is 0 Å². The van der Waals surface area contributed by atoms with E-state index in [0.717, 1.165) is 18.5 Å². The molecule has 3 rings (SSSR count).